The highest BCUT2D eigenvalue weighted by molar-refractivity contribution is 7.23. The van der Waals surface area contributed by atoms with Crippen molar-refractivity contribution in [1.29, 1.82) is 0 Å². The first-order chi connectivity index (χ1) is 33.0. The Labute approximate surface area is 393 Å². The van der Waals surface area contributed by atoms with Gasteiger partial charge in [0.05, 0.1) is 0 Å². The Morgan fingerprint density at radius 2 is 0.821 bits per heavy atom. The maximum absolute atomic E-state index is 3.05. The van der Waals surface area contributed by atoms with Crippen molar-refractivity contribution in [1.82, 2.24) is 0 Å². The van der Waals surface area contributed by atoms with E-state index in [4.69, 9.17) is 0 Å². The Morgan fingerprint density at radius 1 is 0.328 bits per heavy atom. The molecule has 0 fully saturated rings. The first-order valence-corrected chi connectivity index (χ1v) is 25.5. The lowest BCUT2D eigenvalue weighted by atomic mass is 9.81. The van der Waals surface area contributed by atoms with Crippen LogP contribution in [0.3, 0.4) is 0 Å². The van der Waals surface area contributed by atoms with Crippen molar-refractivity contribution in [2.75, 3.05) is 4.90 Å². The molecular formula is C65H47NSi. The van der Waals surface area contributed by atoms with Crippen molar-refractivity contribution < 1.29 is 0 Å². The van der Waals surface area contributed by atoms with Crippen molar-refractivity contribution in [3.05, 3.63) is 260 Å². The molecule has 1 aliphatic heterocycles. The fraction of sp³-hybridized carbons (Fsp3) is 0.0462. The van der Waals surface area contributed by atoms with Gasteiger partial charge in [0.2, 0.25) is 0 Å². The predicted molar refractivity (Wildman–Crippen MR) is 287 cm³/mol. The molecule has 1 nitrogen and oxygen atoms in total. The lowest BCUT2D eigenvalue weighted by molar-refractivity contribution is 0.660. The molecule has 1 heterocycles. The molecule has 2 aliphatic rings. The van der Waals surface area contributed by atoms with Gasteiger partial charge >= 0.3 is 0 Å². The first kappa shape index (κ1) is 39.3. The van der Waals surface area contributed by atoms with E-state index in [0.717, 1.165) is 11.4 Å². The summed E-state index contributed by atoms with van der Waals surface area (Å²) in [7, 11) is -3.05. The van der Waals surface area contributed by atoms with Crippen LogP contribution in [0.2, 0.25) is 0 Å². The van der Waals surface area contributed by atoms with Crippen molar-refractivity contribution in [3.8, 4) is 44.5 Å². The maximum atomic E-state index is 2.54. The van der Waals surface area contributed by atoms with Crippen LogP contribution in [0.25, 0.3) is 66.1 Å². The van der Waals surface area contributed by atoms with E-state index in [1.807, 2.05) is 0 Å². The van der Waals surface area contributed by atoms with Crippen LogP contribution in [0.15, 0.2) is 249 Å². The number of fused-ring (bicyclic) bond motifs is 8. The number of hydrogen-bond donors (Lipinski definition) is 0. The standard InChI is InChI=1S/C65H47NSi/c1-65(2)60-24-12-10-21-56(60)57-40-33-51(43-61(57)65)48-29-36-53(37-30-48)66(52-34-27-47(28-35-52)44-15-4-3-5-16-44)62-25-14-23-59-58-22-11-13-26-63(58)67(64(59)62,54-38-31-45-17-6-8-19-49(45)41-54)55-39-32-46-18-7-9-20-50(46)42-55/h3-43H,1-2H3. The van der Waals surface area contributed by atoms with Gasteiger partial charge in [-0.1, -0.05) is 226 Å². The van der Waals surface area contributed by atoms with Gasteiger partial charge in [0.25, 0.3) is 0 Å². The van der Waals surface area contributed by atoms with Crippen LogP contribution in [0.5, 0.6) is 0 Å². The van der Waals surface area contributed by atoms with Gasteiger partial charge < -0.3 is 4.90 Å². The second-order valence-electron chi connectivity index (χ2n) is 18.8. The summed E-state index contributed by atoms with van der Waals surface area (Å²) in [5.41, 5.74) is 16.3. The zero-order chi connectivity index (χ0) is 44.7. The highest BCUT2D eigenvalue weighted by Gasteiger charge is 2.51. The average molecular weight is 870 g/mol. The minimum atomic E-state index is -3.05. The summed E-state index contributed by atoms with van der Waals surface area (Å²) in [6, 6.07) is 93.7. The Kier molecular flexibility index (Phi) is 8.97. The molecule has 11 aromatic carbocycles. The fourth-order valence-electron chi connectivity index (χ4n) is 11.7. The third kappa shape index (κ3) is 6.07. The van der Waals surface area contributed by atoms with E-state index in [1.54, 1.807) is 0 Å². The van der Waals surface area contributed by atoms with Gasteiger partial charge in [-0.3, -0.25) is 0 Å². The molecule has 0 amide bonds. The number of hydrogen-bond acceptors (Lipinski definition) is 1. The predicted octanol–water partition coefficient (Wildman–Crippen LogP) is 14.5. The largest absolute Gasteiger partial charge is 0.311 e. The van der Waals surface area contributed by atoms with Gasteiger partial charge in [0.15, 0.2) is 8.07 Å². The molecule has 67 heavy (non-hydrogen) atoms. The SMILES string of the molecule is CC1(C)c2ccccc2-c2ccc(-c3ccc(N(c4ccc(-c5ccccc5)cc4)c4cccc5c4[Si](c4ccc6ccccc6c4)(c4ccc6ccccc6c4)c4ccccc4-5)cc3)cc21. The summed E-state index contributed by atoms with van der Waals surface area (Å²) in [6.07, 6.45) is 0. The topological polar surface area (TPSA) is 3.24 Å². The molecule has 0 saturated heterocycles. The molecular weight excluding hydrogens is 823 g/mol. The Morgan fingerprint density at radius 3 is 1.48 bits per heavy atom. The van der Waals surface area contributed by atoms with Gasteiger partial charge in [0.1, 0.15) is 0 Å². The van der Waals surface area contributed by atoms with Crippen LogP contribution < -0.4 is 25.6 Å². The molecule has 316 valence electrons. The van der Waals surface area contributed by atoms with E-state index in [0.29, 0.717) is 0 Å². The van der Waals surface area contributed by atoms with E-state index in [1.165, 1.54) is 104 Å². The van der Waals surface area contributed by atoms with Gasteiger partial charge in [-0.05, 0) is 134 Å². The lowest BCUT2D eigenvalue weighted by Crippen LogP contribution is -2.73. The Bertz CT molecular complexity index is 3640. The molecule has 11 aromatic rings. The number of benzene rings is 11. The Balaban J connectivity index is 1.04. The highest BCUT2D eigenvalue weighted by Crippen LogP contribution is 2.50. The molecule has 0 spiro atoms. The van der Waals surface area contributed by atoms with Gasteiger partial charge in [0, 0.05) is 22.5 Å². The minimum absolute atomic E-state index is 0.0671. The quantitative estimate of drug-likeness (QED) is 0.144. The van der Waals surface area contributed by atoms with E-state index in [-0.39, 0.29) is 5.41 Å². The minimum Gasteiger partial charge on any atom is -0.311 e. The molecule has 0 atom stereocenters. The zero-order valence-electron chi connectivity index (χ0n) is 37.6. The van der Waals surface area contributed by atoms with E-state index < -0.39 is 8.07 Å². The summed E-state index contributed by atoms with van der Waals surface area (Å²) in [5.74, 6) is 0. The molecule has 0 bridgehead atoms. The van der Waals surface area contributed by atoms with Crippen LogP contribution in [-0.4, -0.2) is 8.07 Å². The second kappa shape index (κ2) is 15.3. The first-order valence-electron chi connectivity index (χ1n) is 23.5. The molecule has 0 unspecified atom stereocenters. The number of rotatable bonds is 7. The summed E-state index contributed by atoms with van der Waals surface area (Å²) >= 11 is 0. The van der Waals surface area contributed by atoms with Gasteiger partial charge in [-0.25, -0.2) is 0 Å². The van der Waals surface area contributed by atoms with Crippen LogP contribution in [0.4, 0.5) is 17.1 Å². The monoisotopic (exact) mass is 869 g/mol. The fourth-order valence-corrected chi connectivity index (χ4v) is 17.1. The van der Waals surface area contributed by atoms with Gasteiger partial charge in [-0.2, -0.15) is 0 Å². The smallest absolute Gasteiger partial charge is 0.183 e. The number of anilines is 3. The average Bonchev–Trinajstić information content (AvgIpc) is 3.82. The van der Waals surface area contributed by atoms with E-state index in [2.05, 4.69) is 267 Å². The van der Waals surface area contributed by atoms with E-state index >= 15 is 0 Å². The molecule has 0 radical (unpaired) electrons. The normalized spacial score (nSPS) is 13.8. The summed E-state index contributed by atoms with van der Waals surface area (Å²) in [6.45, 7) is 4.72. The summed E-state index contributed by atoms with van der Waals surface area (Å²) in [5, 5.41) is 10.7. The van der Waals surface area contributed by atoms with Crippen LogP contribution >= 0.6 is 0 Å². The van der Waals surface area contributed by atoms with Crippen molar-refractivity contribution in [2.45, 2.75) is 19.3 Å². The van der Waals surface area contributed by atoms with Crippen LogP contribution in [-0.2, 0) is 5.41 Å². The maximum Gasteiger partial charge on any atom is 0.183 e. The molecule has 1 aliphatic carbocycles. The number of nitrogens with zero attached hydrogens (tertiary/aromatic N) is 1. The van der Waals surface area contributed by atoms with Crippen molar-refractivity contribution >= 4 is 67.4 Å². The van der Waals surface area contributed by atoms with Crippen molar-refractivity contribution in [3.63, 3.8) is 0 Å². The third-order valence-corrected chi connectivity index (χ3v) is 19.8. The molecule has 0 saturated carbocycles. The molecule has 0 N–H and O–H groups in total. The molecule has 2 heteroatoms. The summed E-state index contributed by atoms with van der Waals surface area (Å²) in [4.78, 5) is 2.54. The van der Waals surface area contributed by atoms with Crippen LogP contribution in [0, 0.1) is 0 Å². The molecule has 13 rings (SSSR count). The second-order valence-corrected chi connectivity index (χ2v) is 22.5. The molecule has 0 aromatic heterocycles. The third-order valence-electron chi connectivity index (χ3n) is 14.9. The Hall–Kier alpha value is -8.04. The highest BCUT2D eigenvalue weighted by atomic mass is 28.3. The van der Waals surface area contributed by atoms with Crippen molar-refractivity contribution in [2.24, 2.45) is 0 Å². The van der Waals surface area contributed by atoms with E-state index in [9.17, 15) is 0 Å². The van der Waals surface area contributed by atoms with Crippen LogP contribution in [0.1, 0.15) is 25.0 Å². The lowest BCUT2D eigenvalue weighted by Gasteiger charge is -2.36. The van der Waals surface area contributed by atoms with Gasteiger partial charge in [-0.15, -0.1) is 0 Å². The summed E-state index contributed by atoms with van der Waals surface area (Å²) < 4.78 is 0. The zero-order valence-corrected chi connectivity index (χ0v) is 38.6.